The molecule has 82 valence electrons. The summed E-state index contributed by atoms with van der Waals surface area (Å²) in [6.07, 6.45) is 2.44. The molecule has 3 N–H and O–H groups in total. The van der Waals surface area contributed by atoms with Crippen LogP contribution in [-0.4, -0.2) is 15.2 Å². The van der Waals surface area contributed by atoms with Crippen LogP contribution < -0.4 is 5.73 Å². The van der Waals surface area contributed by atoms with Gasteiger partial charge in [-0.2, -0.15) is 5.10 Å². The highest BCUT2D eigenvalue weighted by Gasteiger charge is 2.27. The van der Waals surface area contributed by atoms with Gasteiger partial charge in [0.2, 0.25) is 0 Å². The van der Waals surface area contributed by atoms with Crippen LogP contribution in [0.5, 0.6) is 0 Å². The number of anilines is 1. The second-order valence-corrected chi connectivity index (χ2v) is 4.35. The Morgan fingerprint density at radius 1 is 1.38 bits per heavy atom. The maximum Gasteiger partial charge on any atom is 0.183 e. The fourth-order valence-corrected chi connectivity index (χ4v) is 1.81. The quantitative estimate of drug-likeness (QED) is 0.753. The van der Waals surface area contributed by atoms with E-state index in [1.165, 1.54) is 12.8 Å². The number of H-pyrrole nitrogens is 1. The lowest BCUT2D eigenvalue weighted by Crippen LogP contribution is -1.94. The molecule has 1 aromatic carbocycles. The Morgan fingerprint density at radius 2 is 2.19 bits per heavy atom. The summed E-state index contributed by atoms with van der Waals surface area (Å²) in [6, 6.07) is 5.93. The maximum absolute atomic E-state index is 6.02. The largest absolute Gasteiger partial charge is 0.398 e. The smallest absolute Gasteiger partial charge is 0.183 e. The number of nitrogen functional groups attached to an aromatic ring is 1. The predicted molar refractivity (Wildman–Crippen MR) is 62.9 cm³/mol. The molecule has 1 aromatic heterocycles. The first-order valence-electron chi connectivity index (χ1n) is 5.53. The Bertz CT molecular complexity index is 526. The van der Waals surface area contributed by atoms with Crippen molar-refractivity contribution < 1.29 is 0 Å². The Hall–Kier alpha value is -1.84. The van der Waals surface area contributed by atoms with Crippen LogP contribution in [0.4, 0.5) is 5.69 Å². The zero-order valence-corrected chi connectivity index (χ0v) is 9.20. The van der Waals surface area contributed by atoms with E-state index in [0.717, 1.165) is 22.6 Å². The van der Waals surface area contributed by atoms with E-state index in [-0.39, 0.29) is 0 Å². The average Bonchev–Trinajstić information content (AvgIpc) is 3.02. The van der Waals surface area contributed by atoms with E-state index in [1.54, 1.807) is 0 Å². The van der Waals surface area contributed by atoms with Crippen LogP contribution in [0.3, 0.4) is 0 Å². The maximum atomic E-state index is 6.02. The fourth-order valence-electron chi connectivity index (χ4n) is 1.81. The first-order chi connectivity index (χ1) is 7.75. The fraction of sp³-hybridized carbons (Fsp3) is 0.333. The number of nitrogens with one attached hydrogen (secondary N) is 1. The SMILES string of the molecule is Cc1cccc(-c2n[nH]c(C3CC3)n2)c1N. The number of para-hydroxylation sites is 1. The van der Waals surface area contributed by atoms with Gasteiger partial charge < -0.3 is 5.73 Å². The Kier molecular flexibility index (Phi) is 1.96. The first kappa shape index (κ1) is 9.39. The molecule has 0 saturated heterocycles. The van der Waals surface area contributed by atoms with Gasteiger partial charge in [-0.25, -0.2) is 4.98 Å². The van der Waals surface area contributed by atoms with Gasteiger partial charge in [0.05, 0.1) is 0 Å². The van der Waals surface area contributed by atoms with Crippen molar-refractivity contribution in [2.75, 3.05) is 5.73 Å². The molecule has 1 saturated carbocycles. The van der Waals surface area contributed by atoms with Gasteiger partial charge in [-0.05, 0) is 31.4 Å². The molecule has 1 aliphatic rings. The van der Waals surface area contributed by atoms with Gasteiger partial charge in [-0.1, -0.05) is 12.1 Å². The summed E-state index contributed by atoms with van der Waals surface area (Å²) in [6.45, 7) is 1.99. The number of hydrogen-bond donors (Lipinski definition) is 2. The summed E-state index contributed by atoms with van der Waals surface area (Å²) in [4.78, 5) is 4.50. The van der Waals surface area contributed by atoms with Crippen LogP contribution in [0.1, 0.15) is 30.1 Å². The summed E-state index contributed by atoms with van der Waals surface area (Å²) >= 11 is 0. The van der Waals surface area contributed by atoms with Crippen LogP contribution in [0, 0.1) is 6.92 Å². The molecule has 16 heavy (non-hydrogen) atoms. The highest BCUT2D eigenvalue weighted by atomic mass is 15.2. The molecule has 2 aromatic rings. The Labute approximate surface area is 93.9 Å². The number of nitrogens with two attached hydrogens (primary N) is 1. The van der Waals surface area contributed by atoms with Gasteiger partial charge in [0.1, 0.15) is 5.82 Å². The molecule has 4 nitrogen and oxygen atoms in total. The molecule has 3 rings (SSSR count). The second kappa shape index (κ2) is 3.33. The van der Waals surface area contributed by atoms with Gasteiger partial charge in [0.15, 0.2) is 5.82 Å². The van der Waals surface area contributed by atoms with Crippen molar-refractivity contribution in [2.45, 2.75) is 25.7 Å². The molecule has 0 radical (unpaired) electrons. The van der Waals surface area contributed by atoms with Gasteiger partial charge >= 0.3 is 0 Å². The minimum Gasteiger partial charge on any atom is -0.398 e. The molecule has 4 heteroatoms. The number of rotatable bonds is 2. The van der Waals surface area contributed by atoms with Crippen molar-refractivity contribution >= 4 is 5.69 Å². The number of aromatic amines is 1. The van der Waals surface area contributed by atoms with Crippen molar-refractivity contribution in [3.63, 3.8) is 0 Å². The lowest BCUT2D eigenvalue weighted by Gasteiger charge is -2.03. The highest BCUT2D eigenvalue weighted by molar-refractivity contribution is 5.73. The molecule has 0 atom stereocenters. The van der Waals surface area contributed by atoms with Crippen molar-refractivity contribution in [1.82, 2.24) is 15.2 Å². The zero-order chi connectivity index (χ0) is 11.1. The molecule has 0 amide bonds. The minimum atomic E-state index is 0.590. The van der Waals surface area contributed by atoms with E-state index < -0.39 is 0 Å². The number of hydrogen-bond acceptors (Lipinski definition) is 3. The van der Waals surface area contributed by atoms with Crippen LogP contribution in [-0.2, 0) is 0 Å². The average molecular weight is 214 g/mol. The van der Waals surface area contributed by atoms with Crippen molar-refractivity contribution in [3.05, 3.63) is 29.6 Å². The van der Waals surface area contributed by atoms with Gasteiger partial charge in [0.25, 0.3) is 0 Å². The summed E-state index contributed by atoms with van der Waals surface area (Å²) in [5, 5.41) is 7.23. The highest BCUT2D eigenvalue weighted by Crippen LogP contribution is 2.38. The standard InChI is InChI=1S/C12H14N4/c1-7-3-2-4-9(10(7)13)12-14-11(15-16-12)8-5-6-8/h2-4,8H,5-6,13H2,1H3,(H,14,15,16). The lowest BCUT2D eigenvalue weighted by molar-refractivity contribution is 0.935. The van der Waals surface area contributed by atoms with Crippen LogP contribution in [0.15, 0.2) is 18.2 Å². The van der Waals surface area contributed by atoms with E-state index in [2.05, 4.69) is 15.2 Å². The third-order valence-electron chi connectivity index (χ3n) is 3.03. The van der Waals surface area contributed by atoms with Crippen molar-refractivity contribution in [2.24, 2.45) is 0 Å². The molecule has 1 fully saturated rings. The first-order valence-corrected chi connectivity index (χ1v) is 5.53. The van der Waals surface area contributed by atoms with Crippen molar-refractivity contribution in [1.29, 1.82) is 0 Å². The summed E-state index contributed by atoms with van der Waals surface area (Å²) in [5.41, 5.74) is 8.77. The molecule has 0 unspecified atom stereocenters. The Balaban J connectivity index is 2.03. The summed E-state index contributed by atoms with van der Waals surface area (Å²) in [5.74, 6) is 2.30. The summed E-state index contributed by atoms with van der Waals surface area (Å²) in [7, 11) is 0. The minimum absolute atomic E-state index is 0.590. The molecule has 0 spiro atoms. The van der Waals surface area contributed by atoms with Crippen molar-refractivity contribution in [3.8, 4) is 11.4 Å². The second-order valence-electron chi connectivity index (χ2n) is 4.35. The monoisotopic (exact) mass is 214 g/mol. The summed E-state index contributed by atoms with van der Waals surface area (Å²) < 4.78 is 0. The number of benzene rings is 1. The lowest BCUT2D eigenvalue weighted by atomic mass is 10.1. The topological polar surface area (TPSA) is 67.6 Å². The number of nitrogens with zero attached hydrogens (tertiary/aromatic N) is 2. The third-order valence-corrected chi connectivity index (χ3v) is 3.03. The van der Waals surface area contributed by atoms with Gasteiger partial charge in [-0.15, -0.1) is 0 Å². The molecular formula is C12H14N4. The van der Waals surface area contributed by atoms with Crippen LogP contribution >= 0.6 is 0 Å². The van der Waals surface area contributed by atoms with E-state index in [0.29, 0.717) is 11.7 Å². The van der Waals surface area contributed by atoms with E-state index in [4.69, 9.17) is 5.73 Å². The zero-order valence-electron chi connectivity index (χ0n) is 9.20. The van der Waals surface area contributed by atoms with Gasteiger partial charge in [0, 0.05) is 17.2 Å². The van der Waals surface area contributed by atoms with Crippen LogP contribution in [0.25, 0.3) is 11.4 Å². The molecular weight excluding hydrogens is 200 g/mol. The third kappa shape index (κ3) is 1.46. The van der Waals surface area contributed by atoms with E-state index >= 15 is 0 Å². The number of aromatic nitrogens is 3. The molecule has 1 aliphatic carbocycles. The van der Waals surface area contributed by atoms with Crippen LogP contribution in [0.2, 0.25) is 0 Å². The number of aryl methyl sites for hydroxylation is 1. The predicted octanol–water partition coefficient (Wildman–Crippen LogP) is 2.24. The van der Waals surface area contributed by atoms with E-state index in [1.807, 2.05) is 25.1 Å². The van der Waals surface area contributed by atoms with E-state index in [9.17, 15) is 0 Å². The normalized spacial score (nSPS) is 15.3. The Morgan fingerprint density at radius 3 is 2.94 bits per heavy atom. The molecule has 0 bridgehead atoms. The molecule has 1 heterocycles. The molecule has 0 aliphatic heterocycles. The van der Waals surface area contributed by atoms with Gasteiger partial charge in [-0.3, -0.25) is 5.10 Å².